The fourth-order valence-electron chi connectivity index (χ4n) is 3.21. The summed E-state index contributed by atoms with van der Waals surface area (Å²) in [6, 6.07) is 14.4. The molecule has 1 aromatic heterocycles. The Kier molecular flexibility index (Phi) is 10.1. The predicted molar refractivity (Wildman–Crippen MR) is 129 cm³/mol. The maximum absolute atomic E-state index is 12.7. The number of rotatable bonds is 7. The van der Waals surface area contributed by atoms with Crippen molar-refractivity contribution in [3.8, 4) is 17.9 Å². The summed E-state index contributed by atoms with van der Waals surface area (Å²) in [5.41, 5.74) is 2.32. The Morgan fingerprint density at radius 2 is 2.03 bits per heavy atom. The number of methoxy groups -OCH3 is 1. The van der Waals surface area contributed by atoms with Crippen LogP contribution >= 0.6 is 24.2 Å². The molecule has 0 spiro atoms. The van der Waals surface area contributed by atoms with Crippen molar-refractivity contribution in [3.63, 3.8) is 0 Å². The third kappa shape index (κ3) is 6.44. The van der Waals surface area contributed by atoms with Crippen LogP contribution in [0.5, 0.6) is 5.75 Å². The van der Waals surface area contributed by atoms with Crippen molar-refractivity contribution in [1.29, 1.82) is 10.5 Å². The molecule has 0 bridgehead atoms. The van der Waals surface area contributed by atoms with Crippen LogP contribution in [0.3, 0.4) is 0 Å². The molecule has 1 radical (unpaired) electrons. The second kappa shape index (κ2) is 12.3. The molecule has 1 heterocycles. The molecule has 0 aliphatic rings. The van der Waals surface area contributed by atoms with Gasteiger partial charge in [-0.3, -0.25) is 13.9 Å². The first-order valence-corrected chi connectivity index (χ1v) is 11.3. The summed E-state index contributed by atoms with van der Waals surface area (Å²) in [5.74, 6) is 0.141. The van der Waals surface area contributed by atoms with Crippen LogP contribution in [-0.2, 0) is 9.09 Å². The Hall–Kier alpha value is -2.20. The Balaban J connectivity index is 0.00000385. The third-order valence-corrected chi connectivity index (χ3v) is 5.59. The standard InChI is InChI=1S/C22H17BrN3O5P.Na/c1-30-21-5-2-14(11-24)8-15(21)9-16(12-25)19-13-26(22(27)6-7-31-32(28)29)20-4-3-17(23)10-18(19)20;/h2-5,8-10,13,32H,6-7H2,1H3,(H,28,29);/b16-9+;. The molecule has 0 saturated carbocycles. The summed E-state index contributed by atoms with van der Waals surface area (Å²) in [4.78, 5) is 21.5. The van der Waals surface area contributed by atoms with Crippen LogP contribution in [0.1, 0.15) is 27.9 Å². The minimum absolute atomic E-state index is 0. The summed E-state index contributed by atoms with van der Waals surface area (Å²) < 4.78 is 22.9. The van der Waals surface area contributed by atoms with Gasteiger partial charge in [-0.2, -0.15) is 10.5 Å². The maximum Gasteiger partial charge on any atom is 0.316 e. The molecule has 11 heteroatoms. The van der Waals surface area contributed by atoms with Crippen molar-refractivity contribution in [2.45, 2.75) is 6.42 Å². The molecule has 2 aromatic carbocycles. The topological polar surface area (TPSA) is 125 Å². The van der Waals surface area contributed by atoms with E-state index >= 15 is 0 Å². The second-order valence-corrected chi connectivity index (χ2v) is 8.31. The van der Waals surface area contributed by atoms with Gasteiger partial charge in [0.2, 0.25) is 5.91 Å². The Labute approximate surface area is 221 Å². The monoisotopic (exact) mass is 536 g/mol. The minimum Gasteiger partial charge on any atom is -0.496 e. The smallest absolute Gasteiger partial charge is 0.316 e. The van der Waals surface area contributed by atoms with Gasteiger partial charge < -0.3 is 14.2 Å². The largest absolute Gasteiger partial charge is 0.496 e. The Morgan fingerprint density at radius 3 is 2.67 bits per heavy atom. The molecule has 8 nitrogen and oxygen atoms in total. The molecule has 0 aliphatic carbocycles. The van der Waals surface area contributed by atoms with Gasteiger partial charge in [-0.1, -0.05) is 15.9 Å². The predicted octanol–water partition coefficient (Wildman–Crippen LogP) is 4.40. The van der Waals surface area contributed by atoms with E-state index in [2.05, 4.69) is 32.6 Å². The average molecular weight is 537 g/mol. The quantitative estimate of drug-likeness (QED) is 0.269. The van der Waals surface area contributed by atoms with E-state index < -0.39 is 8.25 Å². The number of carbonyl (C=O) groups is 1. The molecule has 3 rings (SSSR count). The van der Waals surface area contributed by atoms with Crippen molar-refractivity contribution in [1.82, 2.24) is 4.57 Å². The van der Waals surface area contributed by atoms with Gasteiger partial charge in [-0.05, 0) is 42.5 Å². The summed E-state index contributed by atoms with van der Waals surface area (Å²) in [6.07, 6.45) is 3.04. The van der Waals surface area contributed by atoms with Crippen LogP contribution in [-0.4, -0.2) is 58.6 Å². The van der Waals surface area contributed by atoms with Gasteiger partial charge in [-0.25, -0.2) is 0 Å². The zero-order valence-corrected chi connectivity index (χ0v) is 22.4. The number of aromatic nitrogens is 1. The second-order valence-electron chi connectivity index (χ2n) is 6.57. The summed E-state index contributed by atoms with van der Waals surface area (Å²) in [6.45, 7) is -0.197. The number of hydrogen-bond acceptors (Lipinski definition) is 6. The zero-order chi connectivity index (χ0) is 23.3. The molecule has 163 valence electrons. The fourth-order valence-corrected chi connectivity index (χ4v) is 3.85. The summed E-state index contributed by atoms with van der Waals surface area (Å²) in [7, 11) is -1.63. The molecule has 0 saturated heterocycles. The van der Waals surface area contributed by atoms with Crippen molar-refractivity contribution in [2.24, 2.45) is 0 Å². The number of benzene rings is 2. The summed E-state index contributed by atoms with van der Waals surface area (Å²) in [5, 5.41) is 19.8. The van der Waals surface area contributed by atoms with E-state index in [0.29, 0.717) is 33.3 Å². The first-order chi connectivity index (χ1) is 15.4. The molecule has 1 atom stereocenters. The minimum atomic E-state index is -3.12. The van der Waals surface area contributed by atoms with E-state index in [9.17, 15) is 19.9 Å². The maximum atomic E-state index is 12.7. The van der Waals surface area contributed by atoms with Gasteiger partial charge in [0.25, 0.3) is 0 Å². The first kappa shape index (κ1) is 27.0. The molecule has 33 heavy (non-hydrogen) atoms. The van der Waals surface area contributed by atoms with Crippen LogP contribution < -0.4 is 4.74 Å². The van der Waals surface area contributed by atoms with E-state index in [0.717, 1.165) is 4.47 Å². The molecule has 0 fully saturated rings. The molecule has 3 aromatic rings. The number of fused-ring (bicyclic) bond motifs is 1. The number of carbonyl (C=O) groups excluding carboxylic acids is 1. The SMILES string of the molecule is COc1ccc(C#N)cc1/C=C(\C#N)c1cn(C(=O)CCO[PH](=O)O)c2ccc(Br)cc12.[Na]. The zero-order valence-electron chi connectivity index (χ0n) is 17.8. The Morgan fingerprint density at radius 1 is 1.27 bits per heavy atom. The third-order valence-electron chi connectivity index (χ3n) is 4.65. The van der Waals surface area contributed by atoms with Gasteiger partial charge in [-0.15, -0.1) is 0 Å². The van der Waals surface area contributed by atoms with E-state index in [4.69, 9.17) is 9.63 Å². The molecule has 0 aliphatic heterocycles. The van der Waals surface area contributed by atoms with E-state index in [1.165, 1.54) is 11.7 Å². The normalized spacial score (nSPS) is 11.8. The van der Waals surface area contributed by atoms with Crippen molar-refractivity contribution in [2.75, 3.05) is 13.7 Å². The van der Waals surface area contributed by atoms with Crippen molar-refractivity contribution < 1.29 is 23.5 Å². The number of halogens is 1. The molecular formula is C22H17BrN3NaO5P. The van der Waals surface area contributed by atoms with E-state index in [1.807, 2.05) is 0 Å². The van der Waals surface area contributed by atoms with E-state index in [1.54, 1.807) is 48.7 Å². The van der Waals surface area contributed by atoms with E-state index in [-0.39, 0.29) is 54.1 Å². The molecular weight excluding hydrogens is 520 g/mol. The van der Waals surface area contributed by atoms with Gasteiger partial charge in [0.1, 0.15) is 5.75 Å². The van der Waals surface area contributed by atoms with Crippen molar-refractivity contribution in [3.05, 3.63) is 63.8 Å². The molecule has 0 amide bonds. The molecule has 1 N–H and O–H groups in total. The van der Waals surface area contributed by atoms with Crippen LogP contribution in [0.15, 0.2) is 47.1 Å². The average Bonchev–Trinajstić information content (AvgIpc) is 3.15. The van der Waals surface area contributed by atoms with Gasteiger partial charge in [0.15, 0.2) is 0 Å². The number of nitrogens with zero attached hydrogens (tertiary/aromatic N) is 3. The van der Waals surface area contributed by atoms with Gasteiger partial charge in [0, 0.05) is 56.7 Å². The van der Waals surface area contributed by atoms with Crippen LogP contribution in [0.2, 0.25) is 0 Å². The van der Waals surface area contributed by atoms with Crippen LogP contribution in [0.4, 0.5) is 0 Å². The first-order valence-electron chi connectivity index (χ1n) is 9.27. The van der Waals surface area contributed by atoms with Gasteiger partial charge >= 0.3 is 8.25 Å². The number of hydrogen-bond donors (Lipinski definition) is 1. The number of nitriles is 2. The number of ether oxygens (including phenoxy) is 1. The van der Waals surface area contributed by atoms with Crippen LogP contribution in [0, 0.1) is 22.7 Å². The van der Waals surface area contributed by atoms with Crippen LogP contribution in [0.25, 0.3) is 22.6 Å². The number of allylic oxidation sites excluding steroid dienone is 1. The summed E-state index contributed by atoms with van der Waals surface area (Å²) >= 11 is 3.42. The Bertz CT molecular complexity index is 1340. The molecule has 1 unspecified atom stereocenters. The van der Waals surface area contributed by atoms with Crippen molar-refractivity contribution >= 4 is 82.2 Å². The fraction of sp³-hybridized carbons (Fsp3) is 0.136. The van der Waals surface area contributed by atoms with Gasteiger partial charge in [0.05, 0.1) is 48.9 Å².